The number of carbonyl (C=O) groups excluding carboxylic acids is 2. The molecule has 1 aromatic rings. The zero-order valence-corrected chi connectivity index (χ0v) is 13.2. The number of ether oxygens (including phenoxy) is 1. The number of likely N-dealkylation sites (tertiary alicyclic amines) is 1. The van der Waals surface area contributed by atoms with E-state index in [1.54, 1.807) is 6.92 Å². The standard InChI is InChI=1S/C16H21NO3S/c1-12(18)14-7-13(9-21-14)8-15(19)17-5-2-3-16(10-17)4-6-20-11-16/h7,9H,2-6,8,10-11H2,1H3/t16-/m1/s1. The Morgan fingerprint density at radius 3 is 2.95 bits per heavy atom. The minimum Gasteiger partial charge on any atom is -0.381 e. The van der Waals surface area contributed by atoms with E-state index in [0.29, 0.717) is 6.42 Å². The second-order valence-corrected chi connectivity index (χ2v) is 7.18. The number of hydrogen-bond donors (Lipinski definition) is 0. The monoisotopic (exact) mass is 307 g/mol. The maximum absolute atomic E-state index is 12.5. The second kappa shape index (κ2) is 5.89. The number of piperidine rings is 1. The van der Waals surface area contributed by atoms with Crippen LogP contribution in [0.5, 0.6) is 0 Å². The van der Waals surface area contributed by atoms with Crippen LogP contribution in [0.15, 0.2) is 11.4 Å². The molecule has 114 valence electrons. The highest BCUT2D eigenvalue weighted by Gasteiger charge is 2.40. The highest BCUT2D eigenvalue weighted by molar-refractivity contribution is 7.12. The van der Waals surface area contributed by atoms with E-state index in [0.717, 1.165) is 49.6 Å². The van der Waals surface area contributed by atoms with Crippen molar-refractivity contribution in [2.75, 3.05) is 26.3 Å². The van der Waals surface area contributed by atoms with Crippen molar-refractivity contribution < 1.29 is 14.3 Å². The fourth-order valence-corrected chi connectivity index (χ4v) is 4.15. The third kappa shape index (κ3) is 3.19. The molecule has 2 fully saturated rings. The molecular formula is C16H21NO3S. The number of thiophene rings is 1. The van der Waals surface area contributed by atoms with E-state index < -0.39 is 0 Å². The van der Waals surface area contributed by atoms with E-state index in [1.807, 2.05) is 16.3 Å². The first kappa shape index (κ1) is 14.7. The average molecular weight is 307 g/mol. The number of hydrogen-bond acceptors (Lipinski definition) is 4. The third-order valence-electron chi connectivity index (χ3n) is 4.56. The number of amides is 1. The van der Waals surface area contributed by atoms with Crippen LogP contribution < -0.4 is 0 Å². The summed E-state index contributed by atoms with van der Waals surface area (Å²) in [6.07, 6.45) is 3.71. The van der Waals surface area contributed by atoms with Gasteiger partial charge < -0.3 is 9.64 Å². The van der Waals surface area contributed by atoms with Crippen LogP contribution >= 0.6 is 11.3 Å². The molecule has 0 saturated carbocycles. The lowest BCUT2D eigenvalue weighted by Crippen LogP contribution is -2.47. The summed E-state index contributed by atoms with van der Waals surface area (Å²) in [6, 6.07) is 1.85. The Balaban J connectivity index is 1.63. The van der Waals surface area contributed by atoms with Crippen LogP contribution in [0.4, 0.5) is 0 Å². The van der Waals surface area contributed by atoms with Crippen molar-refractivity contribution in [3.8, 4) is 0 Å². The van der Waals surface area contributed by atoms with Gasteiger partial charge in [0, 0.05) is 25.1 Å². The van der Waals surface area contributed by atoms with Crippen LogP contribution in [-0.2, 0) is 16.0 Å². The molecule has 21 heavy (non-hydrogen) atoms. The van der Waals surface area contributed by atoms with Gasteiger partial charge in [-0.15, -0.1) is 11.3 Å². The van der Waals surface area contributed by atoms with Crippen LogP contribution in [0.2, 0.25) is 0 Å². The summed E-state index contributed by atoms with van der Waals surface area (Å²) in [5.74, 6) is 0.243. The van der Waals surface area contributed by atoms with Gasteiger partial charge in [-0.05, 0) is 43.2 Å². The third-order valence-corrected chi connectivity index (χ3v) is 5.64. The van der Waals surface area contributed by atoms with Crippen molar-refractivity contribution in [3.05, 3.63) is 21.9 Å². The van der Waals surface area contributed by atoms with Crippen molar-refractivity contribution in [2.45, 2.75) is 32.6 Å². The maximum atomic E-state index is 12.5. The molecule has 1 amide bonds. The number of carbonyl (C=O) groups is 2. The van der Waals surface area contributed by atoms with Crippen molar-refractivity contribution in [1.29, 1.82) is 0 Å². The number of Topliss-reactive ketones (excluding diaryl/α,β-unsaturated/α-hetero) is 1. The van der Waals surface area contributed by atoms with Gasteiger partial charge in [0.25, 0.3) is 0 Å². The summed E-state index contributed by atoms with van der Waals surface area (Å²) in [6.45, 7) is 4.87. The first-order chi connectivity index (χ1) is 10.1. The topological polar surface area (TPSA) is 46.6 Å². The molecule has 0 N–H and O–H groups in total. The molecule has 3 rings (SSSR count). The zero-order chi connectivity index (χ0) is 14.9. The van der Waals surface area contributed by atoms with Crippen LogP contribution in [0.1, 0.15) is 41.4 Å². The molecule has 2 aliphatic rings. The van der Waals surface area contributed by atoms with Crippen molar-refractivity contribution in [1.82, 2.24) is 4.90 Å². The summed E-state index contributed by atoms with van der Waals surface area (Å²) < 4.78 is 5.54. The normalized spacial score (nSPS) is 25.5. The molecule has 0 unspecified atom stereocenters. The van der Waals surface area contributed by atoms with Gasteiger partial charge in [-0.3, -0.25) is 9.59 Å². The Labute approximate surface area is 129 Å². The number of rotatable bonds is 3. The Bertz CT molecular complexity index is 545. The summed E-state index contributed by atoms with van der Waals surface area (Å²) >= 11 is 1.42. The average Bonchev–Trinajstić information content (AvgIpc) is 3.09. The van der Waals surface area contributed by atoms with Crippen molar-refractivity contribution in [2.24, 2.45) is 5.41 Å². The Morgan fingerprint density at radius 2 is 2.29 bits per heavy atom. The summed E-state index contributed by atoms with van der Waals surface area (Å²) in [5, 5.41) is 1.92. The molecule has 1 spiro atoms. The molecule has 1 atom stereocenters. The molecule has 0 bridgehead atoms. The van der Waals surface area contributed by atoms with E-state index in [2.05, 4.69) is 0 Å². The van der Waals surface area contributed by atoms with Gasteiger partial charge in [-0.1, -0.05) is 0 Å². The SMILES string of the molecule is CC(=O)c1cc(CC(=O)N2CCC[C@@]3(CCOC3)C2)cs1. The van der Waals surface area contributed by atoms with Gasteiger partial charge in [0.05, 0.1) is 17.9 Å². The quantitative estimate of drug-likeness (QED) is 0.806. The highest BCUT2D eigenvalue weighted by atomic mass is 32.1. The van der Waals surface area contributed by atoms with Crippen LogP contribution in [0.3, 0.4) is 0 Å². The van der Waals surface area contributed by atoms with E-state index >= 15 is 0 Å². The predicted octanol–water partition coefficient (Wildman–Crippen LogP) is 2.52. The fourth-order valence-electron chi connectivity index (χ4n) is 3.33. The number of nitrogens with zero attached hydrogens (tertiary/aromatic N) is 1. The molecule has 2 aliphatic heterocycles. The van der Waals surface area contributed by atoms with Crippen LogP contribution in [0, 0.1) is 5.41 Å². The minimum absolute atomic E-state index is 0.0683. The lowest BCUT2D eigenvalue weighted by molar-refractivity contribution is -0.134. The second-order valence-electron chi connectivity index (χ2n) is 6.27. The fraction of sp³-hybridized carbons (Fsp3) is 0.625. The smallest absolute Gasteiger partial charge is 0.227 e. The summed E-state index contributed by atoms with van der Waals surface area (Å²) in [7, 11) is 0. The minimum atomic E-state index is 0.0683. The van der Waals surface area contributed by atoms with E-state index in [-0.39, 0.29) is 17.1 Å². The van der Waals surface area contributed by atoms with Crippen LogP contribution in [0.25, 0.3) is 0 Å². The first-order valence-corrected chi connectivity index (χ1v) is 8.40. The van der Waals surface area contributed by atoms with Gasteiger partial charge in [0.1, 0.15) is 0 Å². The largest absolute Gasteiger partial charge is 0.381 e. The molecular weight excluding hydrogens is 286 g/mol. The highest BCUT2D eigenvalue weighted by Crippen LogP contribution is 2.37. The first-order valence-electron chi connectivity index (χ1n) is 7.52. The molecule has 3 heterocycles. The van der Waals surface area contributed by atoms with Crippen molar-refractivity contribution >= 4 is 23.0 Å². The summed E-state index contributed by atoms with van der Waals surface area (Å²) in [4.78, 5) is 26.5. The predicted molar refractivity (Wildman–Crippen MR) is 81.7 cm³/mol. The summed E-state index contributed by atoms with van der Waals surface area (Å²) in [5.41, 5.74) is 1.16. The molecule has 0 aliphatic carbocycles. The van der Waals surface area contributed by atoms with Gasteiger partial charge in [-0.25, -0.2) is 0 Å². The Kier molecular flexibility index (Phi) is 4.13. The molecule has 0 aromatic carbocycles. The van der Waals surface area contributed by atoms with Crippen molar-refractivity contribution in [3.63, 3.8) is 0 Å². The zero-order valence-electron chi connectivity index (χ0n) is 12.4. The van der Waals surface area contributed by atoms with Gasteiger partial charge in [0.15, 0.2) is 5.78 Å². The van der Waals surface area contributed by atoms with E-state index in [9.17, 15) is 9.59 Å². The molecule has 5 heteroatoms. The Morgan fingerprint density at radius 1 is 1.43 bits per heavy atom. The Hall–Kier alpha value is -1.20. The van der Waals surface area contributed by atoms with Gasteiger partial charge in [0.2, 0.25) is 5.91 Å². The maximum Gasteiger partial charge on any atom is 0.227 e. The number of ketones is 1. The van der Waals surface area contributed by atoms with E-state index in [4.69, 9.17) is 4.74 Å². The van der Waals surface area contributed by atoms with E-state index in [1.165, 1.54) is 17.8 Å². The molecule has 4 nitrogen and oxygen atoms in total. The van der Waals surface area contributed by atoms with Gasteiger partial charge in [-0.2, -0.15) is 0 Å². The lowest BCUT2D eigenvalue weighted by Gasteiger charge is -2.39. The van der Waals surface area contributed by atoms with Gasteiger partial charge >= 0.3 is 0 Å². The lowest BCUT2D eigenvalue weighted by atomic mass is 9.79. The molecule has 0 radical (unpaired) electrons. The molecule has 2 saturated heterocycles. The molecule has 1 aromatic heterocycles. The van der Waals surface area contributed by atoms with Crippen LogP contribution in [-0.4, -0.2) is 42.9 Å².